The Morgan fingerprint density at radius 1 is 1.11 bits per heavy atom. The van der Waals surface area contributed by atoms with Gasteiger partial charge in [-0.1, -0.05) is 23.7 Å². The predicted molar refractivity (Wildman–Crippen MR) is 132 cm³/mol. The van der Waals surface area contributed by atoms with Gasteiger partial charge in [-0.15, -0.1) is 0 Å². The standard InChI is InChI=1S/C27H21ClN2O5/c1-14-7-8-18(10-15(14)2)30-23(19-6-4-5-9-29-19)22(25(32)27(30)33)24(31)20-12-16-11-17(28)13-21(34-3)26(16)35-20/h4-13,23,32H,1-3H3. The van der Waals surface area contributed by atoms with Crippen LogP contribution in [0.5, 0.6) is 5.75 Å². The highest BCUT2D eigenvalue weighted by Crippen LogP contribution is 2.42. The average Bonchev–Trinajstić information content (AvgIpc) is 3.39. The second-order valence-corrected chi connectivity index (χ2v) is 8.77. The van der Waals surface area contributed by atoms with Crippen LogP contribution in [0.3, 0.4) is 0 Å². The number of rotatable bonds is 5. The molecule has 5 rings (SSSR count). The molecule has 0 bridgehead atoms. The highest BCUT2D eigenvalue weighted by molar-refractivity contribution is 6.31. The number of ether oxygens (including phenoxy) is 1. The summed E-state index contributed by atoms with van der Waals surface area (Å²) in [5, 5.41) is 11.9. The number of halogens is 1. The molecule has 0 spiro atoms. The van der Waals surface area contributed by atoms with Gasteiger partial charge in [0, 0.05) is 28.4 Å². The van der Waals surface area contributed by atoms with Crippen molar-refractivity contribution in [3.63, 3.8) is 0 Å². The number of aliphatic hydroxyl groups is 1. The van der Waals surface area contributed by atoms with E-state index < -0.39 is 23.5 Å². The van der Waals surface area contributed by atoms with E-state index in [1.54, 1.807) is 42.6 Å². The Kier molecular flexibility index (Phi) is 5.57. The van der Waals surface area contributed by atoms with Crippen molar-refractivity contribution in [2.24, 2.45) is 0 Å². The van der Waals surface area contributed by atoms with Gasteiger partial charge in [0.1, 0.15) is 6.04 Å². The number of fused-ring (bicyclic) bond motifs is 1. The van der Waals surface area contributed by atoms with Crippen LogP contribution in [0.4, 0.5) is 5.69 Å². The molecule has 176 valence electrons. The van der Waals surface area contributed by atoms with Gasteiger partial charge in [-0.2, -0.15) is 0 Å². The lowest BCUT2D eigenvalue weighted by molar-refractivity contribution is -0.117. The fourth-order valence-corrected chi connectivity index (χ4v) is 4.50. The molecule has 35 heavy (non-hydrogen) atoms. The number of ketones is 1. The number of nitrogens with zero attached hydrogens (tertiary/aromatic N) is 2. The molecule has 0 fully saturated rings. The SMILES string of the molecule is COc1cc(Cl)cc2cc(C(=O)C3=C(O)C(=O)N(c4ccc(C)c(C)c4)C3c3ccccn3)oc12. The molecule has 8 heteroatoms. The highest BCUT2D eigenvalue weighted by atomic mass is 35.5. The van der Waals surface area contributed by atoms with E-state index in [4.69, 9.17) is 20.8 Å². The van der Waals surface area contributed by atoms with Gasteiger partial charge in [-0.25, -0.2) is 0 Å². The maximum atomic E-state index is 13.7. The van der Waals surface area contributed by atoms with Crippen molar-refractivity contribution in [3.8, 4) is 5.75 Å². The molecule has 0 radical (unpaired) electrons. The third-order valence-electron chi connectivity index (χ3n) is 6.18. The molecule has 1 amide bonds. The number of benzene rings is 2. The van der Waals surface area contributed by atoms with Crippen molar-refractivity contribution in [2.45, 2.75) is 19.9 Å². The summed E-state index contributed by atoms with van der Waals surface area (Å²) >= 11 is 6.16. The minimum absolute atomic E-state index is 0.0576. The average molecular weight is 489 g/mol. The molecule has 2 aromatic carbocycles. The summed E-state index contributed by atoms with van der Waals surface area (Å²) in [5.74, 6) is -1.66. The zero-order chi connectivity index (χ0) is 24.9. The molecule has 1 aliphatic heterocycles. The molecule has 0 aliphatic carbocycles. The van der Waals surface area contributed by atoms with E-state index in [1.807, 2.05) is 26.0 Å². The smallest absolute Gasteiger partial charge is 0.294 e. The third kappa shape index (κ3) is 3.74. The molecule has 1 N–H and O–H groups in total. The number of hydrogen-bond donors (Lipinski definition) is 1. The summed E-state index contributed by atoms with van der Waals surface area (Å²) in [4.78, 5) is 32.8. The van der Waals surface area contributed by atoms with Gasteiger partial charge in [-0.3, -0.25) is 19.5 Å². The Bertz CT molecular complexity index is 1520. The first kappa shape index (κ1) is 22.7. The quantitative estimate of drug-likeness (QED) is 0.352. The summed E-state index contributed by atoms with van der Waals surface area (Å²) in [5.41, 5.74) is 3.22. The van der Waals surface area contributed by atoms with Crippen molar-refractivity contribution in [2.75, 3.05) is 12.0 Å². The molecule has 3 heterocycles. The number of amides is 1. The third-order valence-corrected chi connectivity index (χ3v) is 6.40. The van der Waals surface area contributed by atoms with E-state index in [2.05, 4.69) is 4.98 Å². The minimum atomic E-state index is -0.947. The van der Waals surface area contributed by atoms with E-state index in [0.29, 0.717) is 33.1 Å². The van der Waals surface area contributed by atoms with Gasteiger partial charge >= 0.3 is 0 Å². The number of carbonyl (C=O) groups excluding carboxylic acids is 2. The maximum absolute atomic E-state index is 13.7. The molecule has 7 nitrogen and oxygen atoms in total. The molecular formula is C27H21ClN2O5. The first-order valence-corrected chi connectivity index (χ1v) is 11.2. The number of methoxy groups -OCH3 is 1. The summed E-state index contributed by atoms with van der Waals surface area (Å²) in [6.07, 6.45) is 1.57. The summed E-state index contributed by atoms with van der Waals surface area (Å²) in [6.45, 7) is 3.90. The van der Waals surface area contributed by atoms with Crippen molar-refractivity contribution in [1.29, 1.82) is 0 Å². The molecule has 1 atom stereocenters. The summed E-state index contributed by atoms with van der Waals surface area (Å²) in [7, 11) is 1.47. The Balaban J connectivity index is 1.66. The number of anilines is 1. The number of aromatic nitrogens is 1. The van der Waals surface area contributed by atoms with Gasteiger partial charge < -0.3 is 14.3 Å². The lowest BCUT2D eigenvalue weighted by atomic mass is 9.97. The van der Waals surface area contributed by atoms with Crippen molar-refractivity contribution in [1.82, 2.24) is 4.98 Å². The fourth-order valence-electron chi connectivity index (χ4n) is 4.28. The number of aryl methyl sites for hydroxylation is 2. The van der Waals surface area contributed by atoms with Gasteiger partial charge in [-0.05, 0) is 61.4 Å². The number of pyridine rings is 1. The van der Waals surface area contributed by atoms with Crippen molar-refractivity contribution < 1.29 is 23.8 Å². The first-order valence-electron chi connectivity index (χ1n) is 10.9. The molecule has 0 saturated heterocycles. The van der Waals surface area contributed by atoms with E-state index >= 15 is 0 Å². The van der Waals surface area contributed by atoms with E-state index in [-0.39, 0.29) is 11.3 Å². The largest absolute Gasteiger partial charge is 0.503 e. The molecule has 2 aromatic heterocycles. The highest BCUT2D eigenvalue weighted by Gasteiger charge is 2.46. The monoisotopic (exact) mass is 488 g/mol. The van der Waals surface area contributed by atoms with E-state index in [9.17, 15) is 14.7 Å². The van der Waals surface area contributed by atoms with Crippen LogP contribution in [0.25, 0.3) is 11.0 Å². The van der Waals surface area contributed by atoms with Crippen LogP contribution in [-0.4, -0.2) is 28.9 Å². The Morgan fingerprint density at radius 2 is 1.91 bits per heavy atom. The Labute approximate surface area is 206 Å². The molecule has 1 aliphatic rings. The number of Topliss-reactive ketones (excluding diaryl/α,β-unsaturated/α-hetero) is 1. The van der Waals surface area contributed by atoms with Crippen molar-refractivity contribution in [3.05, 3.63) is 99.7 Å². The summed E-state index contributed by atoms with van der Waals surface area (Å²) < 4.78 is 11.2. The van der Waals surface area contributed by atoms with Crippen LogP contribution in [-0.2, 0) is 4.79 Å². The van der Waals surface area contributed by atoms with Gasteiger partial charge in [0.15, 0.2) is 22.9 Å². The lowest BCUT2D eigenvalue weighted by Gasteiger charge is -2.26. The van der Waals surface area contributed by atoms with Crippen LogP contribution in [0, 0.1) is 13.8 Å². The maximum Gasteiger partial charge on any atom is 0.294 e. The number of carbonyl (C=O) groups is 2. The Hall–Kier alpha value is -4.10. The number of furan rings is 1. The second-order valence-electron chi connectivity index (χ2n) is 8.33. The zero-order valence-corrected chi connectivity index (χ0v) is 20.0. The van der Waals surface area contributed by atoms with E-state index in [0.717, 1.165) is 11.1 Å². The van der Waals surface area contributed by atoms with Crippen LogP contribution in [0.15, 0.2) is 76.5 Å². The van der Waals surface area contributed by atoms with Crippen LogP contribution in [0.2, 0.25) is 5.02 Å². The number of hydrogen-bond acceptors (Lipinski definition) is 6. The normalized spacial score (nSPS) is 15.8. The second kappa shape index (κ2) is 8.60. The molecule has 1 unspecified atom stereocenters. The zero-order valence-electron chi connectivity index (χ0n) is 19.2. The lowest BCUT2D eigenvalue weighted by Crippen LogP contribution is -2.31. The molecule has 4 aromatic rings. The first-order chi connectivity index (χ1) is 16.8. The molecular weight excluding hydrogens is 468 g/mol. The molecule has 0 saturated carbocycles. The van der Waals surface area contributed by atoms with Gasteiger partial charge in [0.2, 0.25) is 5.78 Å². The van der Waals surface area contributed by atoms with Crippen LogP contribution in [0.1, 0.15) is 33.4 Å². The van der Waals surface area contributed by atoms with Gasteiger partial charge in [0.25, 0.3) is 5.91 Å². The number of aliphatic hydroxyl groups excluding tert-OH is 1. The van der Waals surface area contributed by atoms with E-state index in [1.165, 1.54) is 18.1 Å². The van der Waals surface area contributed by atoms with Crippen LogP contribution >= 0.6 is 11.6 Å². The van der Waals surface area contributed by atoms with Crippen LogP contribution < -0.4 is 9.64 Å². The topological polar surface area (TPSA) is 92.9 Å². The predicted octanol–water partition coefficient (Wildman–Crippen LogP) is 5.89. The summed E-state index contributed by atoms with van der Waals surface area (Å²) in [6, 6.07) is 14.5. The fraction of sp³-hybridized carbons (Fsp3) is 0.148. The minimum Gasteiger partial charge on any atom is -0.503 e. The van der Waals surface area contributed by atoms with Gasteiger partial charge in [0.05, 0.1) is 18.4 Å². The Morgan fingerprint density at radius 3 is 2.60 bits per heavy atom. The van der Waals surface area contributed by atoms with Crippen molar-refractivity contribution >= 4 is 39.9 Å².